The summed E-state index contributed by atoms with van der Waals surface area (Å²) in [5.41, 5.74) is 0.421. The van der Waals surface area contributed by atoms with Gasteiger partial charge in [-0.1, -0.05) is 24.3 Å². The summed E-state index contributed by atoms with van der Waals surface area (Å²) in [6.07, 6.45) is 3.57. The summed E-state index contributed by atoms with van der Waals surface area (Å²) in [6, 6.07) is 10.4. The van der Waals surface area contributed by atoms with E-state index < -0.39 is 29.9 Å². The Morgan fingerprint density at radius 2 is 2.04 bits per heavy atom. The Labute approximate surface area is 161 Å². The molecular formula is C20H20N2O6. The number of nitrogens with zero attached hydrogens (tertiary/aromatic N) is 1. The Hall–Kier alpha value is -3.55. The highest BCUT2D eigenvalue weighted by atomic mass is 16.5. The van der Waals surface area contributed by atoms with Crippen molar-refractivity contribution in [3.05, 3.63) is 66.3 Å². The average Bonchev–Trinajstić information content (AvgIpc) is 3.21. The monoisotopic (exact) mass is 384 g/mol. The maximum absolute atomic E-state index is 12.4. The van der Waals surface area contributed by atoms with Crippen LogP contribution in [0.1, 0.15) is 12.7 Å². The van der Waals surface area contributed by atoms with Gasteiger partial charge in [0.05, 0.1) is 12.0 Å². The van der Waals surface area contributed by atoms with Gasteiger partial charge in [0.15, 0.2) is 6.61 Å². The minimum Gasteiger partial charge on any atom is -0.484 e. The number of carbonyl (C=O) groups is 3. The van der Waals surface area contributed by atoms with Crippen LogP contribution in [0.15, 0.2) is 64.9 Å². The van der Waals surface area contributed by atoms with Crippen LogP contribution in [0.3, 0.4) is 0 Å². The lowest BCUT2D eigenvalue weighted by Crippen LogP contribution is -2.65. The number of aliphatic carboxylic acids is 1. The molecule has 1 saturated heterocycles. The lowest BCUT2D eigenvalue weighted by atomic mass is 9.97. The number of carboxylic acids is 1. The van der Waals surface area contributed by atoms with Crippen molar-refractivity contribution in [2.24, 2.45) is 0 Å². The van der Waals surface area contributed by atoms with Crippen molar-refractivity contribution in [2.75, 3.05) is 6.61 Å². The van der Waals surface area contributed by atoms with Gasteiger partial charge in [-0.15, -0.1) is 0 Å². The van der Waals surface area contributed by atoms with Crippen LogP contribution in [-0.4, -0.2) is 46.5 Å². The molecule has 2 atom stereocenters. The Bertz CT molecular complexity index is 875. The van der Waals surface area contributed by atoms with E-state index in [0.717, 1.165) is 4.90 Å². The first-order valence-electron chi connectivity index (χ1n) is 8.73. The van der Waals surface area contributed by atoms with Gasteiger partial charge in [-0.05, 0) is 31.2 Å². The van der Waals surface area contributed by atoms with Gasteiger partial charge in [-0.25, -0.2) is 4.79 Å². The van der Waals surface area contributed by atoms with E-state index in [-0.39, 0.29) is 6.61 Å². The van der Waals surface area contributed by atoms with E-state index >= 15 is 0 Å². The topological polar surface area (TPSA) is 109 Å². The first-order chi connectivity index (χ1) is 13.5. The number of likely N-dealkylation sites (tertiary alicyclic amines) is 1. The van der Waals surface area contributed by atoms with E-state index in [9.17, 15) is 19.5 Å². The van der Waals surface area contributed by atoms with Gasteiger partial charge in [0.2, 0.25) is 0 Å². The van der Waals surface area contributed by atoms with Crippen LogP contribution in [0, 0.1) is 0 Å². The standard InChI is InChI=1S/C20H20N2O6/c1-13(20(25)26)22-16(10-9-15-8-5-11-27-15)18(19(22)24)21-17(23)12-28-14-6-3-2-4-7-14/h2-8,10-11,13,18H,9,12H2,1H3,(H,21,23)(H,25,26). The van der Waals surface area contributed by atoms with E-state index in [4.69, 9.17) is 9.15 Å². The average molecular weight is 384 g/mol. The number of nitrogens with one attached hydrogen (secondary N) is 1. The summed E-state index contributed by atoms with van der Waals surface area (Å²) in [5, 5.41) is 11.8. The largest absolute Gasteiger partial charge is 0.484 e. The third-order valence-electron chi connectivity index (χ3n) is 4.31. The van der Waals surface area contributed by atoms with E-state index in [1.807, 2.05) is 6.07 Å². The van der Waals surface area contributed by atoms with Crippen LogP contribution in [0.2, 0.25) is 0 Å². The van der Waals surface area contributed by atoms with Gasteiger partial charge in [0.1, 0.15) is 23.6 Å². The van der Waals surface area contributed by atoms with Crippen molar-refractivity contribution in [3.8, 4) is 5.75 Å². The second kappa shape index (κ2) is 8.43. The molecule has 0 spiro atoms. The molecule has 1 aliphatic rings. The number of carboxylic acid groups (broad SMARTS) is 1. The predicted molar refractivity (Wildman–Crippen MR) is 98.3 cm³/mol. The lowest BCUT2D eigenvalue weighted by Gasteiger charge is -2.43. The highest BCUT2D eigenvalue weighted by molar-refractivity contribution is 6.00. The number of allylic oxidation sites excluding steroid dienone is 1. The third-order valence-corrected chi connectivity index (χ3v) is 4.31. The quantitative estimate of drug-likeness (QED) is 0.669. The highest BCUT2D eigenvalue weighted by Crippen LogP contribution is 2.28. The summed E-state index contributed by atoms with van der Waals surface area (Å²) in [4.78, 5) is 37.1. The number of rotatable bonds is 8. The number of β-lactam (4-membered cyclic amide) rings is 1. The van der Waals surface area contributed by atoms with Crippen LogP contribution >= 0.6 is 0 Å². The molecule has 2 aromatic rings. The fourth-order valence-corrected chi connectivity index (χ4v) is 2.84. The molecule has 2 N–H and O–H groups in total. The van der Waals surface area contributed by atoms with Gasteiger partial charge in [0.25, 0.3) is 11.8 Å². The van der Waals surface area contributed by atoms with Gasteiger partial charge in [-0.2, -0.15) is 0 Å². The summed E-state index contributed by atoms with van der Waals surface area (Å²) in [7, 11) is 0. The second-order valence-electron chi connectivity index (χ2n) is 6.24. The zero-order chi connectivity index (χ0) is 20.1. The molecule has 2 unspecified atom stereocenters. The van der Waals surface area contributed by atoms with Crippen molar-refractivity contribution < 1.29 is 28.6 Å². The number of furan rings is 1. The molecule has 8 heteroatoms. The number of benzene rings is 1. The molecule has 1 aromatic carbocycles. The Morgan fingerprint density at radius 1 is 1.29 bits per heavy atom. The van der Waals surface area contributed by atoms with E-state index in [2.05, 4.69) is 5.32 Å². The number of hydrogen-bond donors (Lipinski definition) is 2. The predicted octanol–water partition coefficient (Wildman–Crippen LogP) is 1.59. The molecule has 2 amide bonds. The van der Waals surface area contributed by atoms with Crippen molar-refractivity contribution in [3.63, 3.8) is 0 Å². The molecule has 0 saturated carbocycles. The van der Waals surface area contributed by atoms with Gasteiger partial charge < -0.3 is 19.6 Å². The van der Waals surface area contributed by atoms with Crippen molar-refractivity contribution in [2.45, 2.75) is 25.4 Å². The Balaban J connectivity index is 1.67. The second-order valence-corrected chi connectivity index (χ2v) is 6.24. The maximum Gasteiger partial charge on any atom is 0.326 e. The number of para-hydroxylation sites is 1. The molecule has 1 aliphatic heterocycles. The van der Waals surface area contributed by atoms with Crippen molar-refractivity contribution in [1.29, 1.82) is 0 Å². The SMILES string of the molecule is CC(C(=O)O)N1C(=O)C(NC(=O)COc2ccccc2)C1=CCc1ccco1. The molecule has 1 fully saturated rings. The molecule has 3 rings (SSSR count). The number of ether oxygens (including phenoxy) is 1. The van der Waals surface area contributed by atoms with E-state index in [1.54, 1.807) is 42.5 Å². The molecule has 8 nitrogen and oxygen atoms in total. The minimum atomic E-state index is -1.13. The minimum absolute atomic E-state index is 0.256. The first kappa shape index (κ1) is 19.2. The maximum atomic E-state index is 12.4. The zero-order valence-electron chi connectivity index (χ0n) is 15.2. The van der Waals surface area contributed by atoms with E-state index in [0.29, 0.717) is 23.6 Å². The summed E-state index contributed by atoms with van der Waals surface area (Å²) < 4.78 is 10.6. The molecule has 0 radical (unpaired) electrons. The molecule has 2 heterocycles. The lowest BCUT2D eigenvalue weighted by molar-refractivity contribution is -0.154. The van der Waals surface area contributed by atoms with Crippen molar-refractivity contribution in [1.82, 2.24) is 10.2 Å². The van der Waals surface area contributed by atoms with Crippen LogP contribution in [0.5, 0.6) is 5.75 Å². The van der Waals surface area contributed by atoms with Crippen LogP contribution in [0.4, 0.5) is 0 Å². The van der Waals surface area contributed by atoms with Crippen LogP contribution in [0.25, 0.3) is 0 Å². The summed E-state index contributed by atoms with van der Waals surface area (Å²) >= 11 is 0. The first-order valence-corrected chi connectivity index (χ1v) is 8.73. The molecule has 1 aromatic heterocycles. The van der Waals surface area contributed by atoms with Crippen LogP contribution in [-0.2, 0) is 20.8 Å². The summed E-state index contributed by atoms with van der Waals surface area (Å²) in [6.45, 7) is 1.16. The molecule has 0 bridgehead atoms. The highest BCUT2D eigenvalue weighted by Gasteiger charge is 2.47. The number of amides is 2. The third kappa shape index (κ3) is 4.22. The fraction of sp³-hybridized carbons (Fsp3) is 0.250. The van der Waals surface area contributed by atoms with E-state index in [1.165, 1.54) is 13.2 Å². The van der Waals surface area contributed by atoms with Gasteiger partial charge in [-0.3, -0.25) is 14.5 Å². The molecule has 28 heavy (non-hydrogen) atoms. The Kier molecular flexibility index (Phi) is 5.78. The van der Waals surface area contributed by atoms with Gasteiger partial charge in [0, 0.05) is 6.42 Å². The van der Waals surface area contributed by atoms with Gasteiger partial charge >= 0.3 is 5.97 Å². The zero-order valence-corrected chi connectivity index (χ0v) is 15.2. The number of carbonyl (C=O) groups excluding carboxylic acids is 2. The van der Waals surface area contributed by atoms with Crippen molar-refractivity contribution >= 4 is 17.8 Å². The molecule has 0 aliphatic carbocycles. The van der Waals surface area contributed by atoms with Crippen LogP contribution < -0.4 is 10.1 Å². The summed E-state index contributed by atoms with van der Waals surface area (Å²) in [5.74, 6) is -0.892. The number of hydrogen-bond acceptors (Lipinski definition) is 5. The smallest absolute Gasteiger partial charge is 0.326 e. The normalized spacial score (nSPS) is 18.5. The Morgan fingerprint density at radius 3 is 2.68 bits per heavy atom. The molecular weight excluding hydrogens is 364 g/mol. The fourth-order valence-electron chi connectivity index (χ4n) is 2.84. The molecule has 146 valence electrons.